The van der Waals surface area contributed by atoms with E-state index in [9.17, 15) is 30.6 Å². The van der Waals surface area contributed by atoms with E-state index in [1.54, 1.807) is 0 Å². The third-order valence-corrected chi connectivity index (χ3v) is 9.14. The fourth-order valence-electron chi connectivity index (χ4n) is 3.96. The maximum atomic E-state index is 9.93. The SMILES string of the molecule is CCCCCCCCCCCC.OC[C@H]1O[C@@H](SS[C@@H]2O[C@H](CO)[C@@H](O)[C@H](O)[C@H]2O)[C@H](O)[C@@H](O)[C@@H]1O. The van der Waals surface area contributed by atoms with Crippen LogP contribution in [0.1, 0.15) is 78.1 Å². The Kier molecular flexibility index (Phi) is 18.5. The summed E-state index contributed by atoms with van der Waals surface area (Å²) in [7, 11) is 1.72. The third kappa shape index (κ3) is 11.2. The molecular formula is C24H48O10S2. The molecule has 216 valence electrons. The van der Waals surface area contributed by atoms with Crippen LogP contribution in [0.4, 0.5) is 0 Å². The molecule has 0 saturated carbocycles. The minimum atomic E-state index is -1.52. The summed E-state index contributed by atoms with van der Waals surface area (Å²) < 4.78 is 10.6. The van der Waals surface area contributed by atoms with Gasteiger partial charge in [-0.15, -0.1) is 0 Å². The molecule has 2 fully saturated rings. The van der Waals surface area contributed by atoms with Crippen LogP contribution in [0.15, 0.2) is 0 Å². The number of aliphatic hydroxyl groups excluding tert-OH is 8. The molecule has 0 aromatic heterocycles. The van der Waals surface area contributed by atoms with E-state index in [1.807, 2.05) is 0 Å². The highest BCUT2D eigenvalue weighted by atomic mass is 33.1. The Morgan fingerprint density at radius 2 is 0.778 bits per heavy atom. The lowest BCUT2D eigenvalue weighted by Gasteiger charge is -2.42. The zero-order chi connectivity index (χ0) is 27.1. The molecule has 12 heteroatoms. The molecule has 8 N–H and O–H groups in total. The highest BCUT2D eigenvalue weighted by Crippen LogP contribution is 2.41. The topological polar surface area (TPSA) is 180 Å². The zero-order valence-corrected chi connectivity index (χ0v) is 23.1. The Hall–Kier alpha value is 0.300. The lowest BCUT2D eigenvalue weighted by Crippen LogP contribution is -2.58. The Labute approximate surface area is 222 Å². The van der Waals surface area contributed by atoms with Gasteiger partial charge in [-0.25, -0.2) is 0 Å². The van der Waals surface area contributed by atoms with E-state index in [0.29, 0.717) is 0 Å². The van der Waals surface area contributed by atoms with Gasteiger partial charge in [-0.1, -0.05) is 99.6 Å². The maximum Gasteiger partial charge on any atom is 0.142 e. The second-order valence-electron chi connectivity index (χ2n) is 9.42. The lowest BCUT2D eigenvalue weighted by molar-refractivity contribution is -0.206. The predicted molar refractivity (Wildman–Crippen MR) is 140 cm³/mol. The minimum absolute atomic E-state index is 0.563. The fraction of sp³-hybridized carbons (Fsp3) is 1.00. The van der Waals surface area contributed by atoms with E-state index < -0.39 is 72.9 Å². The first kappa shape index (κ1) is 34.3. The predicted octanol–water partition coefficient (Wildman–Crippen LogP) is 0.895. The molecule has 2 aliphatic rings. The van der Waals surface area contributed by atoms with Crippen LogP contribution in [0.25, 0.3) is 0 Å². The van der Waals surface area contributed by atoms with Crippen molar-refractivity contribution in [1.82, 2.24) is 0 Å². The highest BCUT2D eigenvalue weighted by molar-refractivity contribution is 8.77. The van der Waals surface area contributed by atoms with Crippen molar-refractivity contribution in [2.45, 2.75) is 138 Å². The molecule has 0 aliphatic carbocycles. The van der Waals surface area contributed by atoms with E-state index >= 15 is 0 Å². The Bertz CT molecular complexity index is 499. The van der Waals surface area contributed by atoms with Gasteiger partial charge in [0.2, 0.25) is 0 Å². The summed E-state index contributed by atoms with van der Waals surface area (Å²) in [4.78, 5) is 0. The minimum Gasteiger partial charge on any atom is -0.394 e. The van der Waals surface area contributed by atoms with E-state index in [2.05, 4.69) is 13.8 Å². The van der Waals surface area contributed by atoms with Crippen molar-refractivity contribution < 1.29 is 50.3 Å². The zero-order valence-electron chi connectivity index (χ0n) is 21.5. The van der Waals surface area contributed by atoms with Gasteiger partial charge in [0.05, 0.1) is 13.2 Å². The van der Waals surface area contributed by atoms with Gasteiger partial charge in [0.25, 0.3) is 0 Å². The Morgan fingerprint density at radius 3 is 1.06 bits per heavy atom. The average Bonchev–Trinajstić information content (AvgIpc) is 2.88. The summed E-state index contributed by atoms with van der Waals surface area (Å²) in [6.45, 7) is 3.43. The van der Waals surface area contributed by atoms with Crippen LogP contribution < -0.4 is 0 Å². The van der Waals surface area contributed by atoms with Gasteiger partial charge >= 0.3 is 0 Å². The monoisotopic (exact) mass is 560 g/mol. The second-order valence-corrected chi connectivity index (χ2v) is 11.9. The van der Waals surface area contributed by atoms with E-state index in [0.717, 1.165) is 21.6 Å². The molecule has 2 rings (SSSR count). The first-order chi connectivity index (χ1) is 17.2. The molecule has 0 radical (unpaired) electrons. The van der Waals surface area contributed by atoms with Crippen molar-refractivity contribution in [2.24, 2.45) is 0 Å². The van der Waals surface area contributed by atoms with Gasteiger partial charge in [0.15, 0.2) is 0 Å². The molecular weight excluding hydrogens is 512 g/mol. The first-order valence-electron chi connectivity index (χ1n) is 13.2. The van der Waals surface area contributed by atoms with Crippen LogP contribution in [0.2, 0.25) is 0 Å². The average molecular weight is 561 g/mol. The standard InChI is InChI=1S/C12H22O10S2.C12H26/c13-1-3-5(15)7(17)9(19)11(21-3)23-24-12-10(20)8(18)6(16)4(2-14)22-12;1-3-5-7-9-11-12-10-8-6-4-2/h3-20H,1-2H2;3-12H2,1-2H3/t3-,4-,5-,6-,7+,8+,9-,10-,11+,12+;/m1./s1. The largest absolute Gasteiger partial charge is 0.394 e. The van der Waals surface area contributed by atoms with Crippen molar-refractivity contribution in [3.63, 3.8) is 0 Å². The van der Waals surface area contributed by atoms with E-state index in [1.165, 1.54) is 64.2 Å². The van der Waals surface area contributed by atoms with Gasteiger partial charge in [-0.3, -0.25) is 0 Å². The van der Waals surface area contributed by atoms with Crippen LogP contribution in [-0.4, -0.2) is 114 Å². The molecule has 2 aliphatic heterocycles. The first-order valence-corrected chi connectivity index (χ1v) is 15.4. The summed E-state index contributed by atoms with van der Waals surface area (Å²) in [5.74, 6) is 0. The normalized spacial score (nSPS) is 36.8. The number of rotatable bonds is 14. The second kappa shape index (κ2) is 19.4. The van der Waals surface area contributed by atoms with Crippen LogP contribution in [0.5, 0.6) is 0 Å². The molecule has 0 aromatic carbocycles. The quantitative estimate of drug-likeness (QED) is 0.111. The number of hydrogen-bond donors (Lipinski definition) is 8. The Morgan fingerprint density at radius 1 is 0.472 bits per heavy atom. The summed E-state index contributed by atoms with van der Waals surface area (Å²) in [5, 5.41) is 76.9. The van der Waals surface area contributed by atoms with Crippen LogP contribution >= 0.6 is 21.6 Å². The summed E-state index contributed by atoms with van der Waals surface area (Å²) in [5.41, 5.74) is -2.09. The van der Waals surface area contributed by atoms with E-state index in [4.69, 9.17) is 19.7 Å². The highest BCUT2D eigenvalue weighted by Gasteiger charge is 2.47. The van der Waals surface area contributed by atoms with Crippen molar-refractivity contribution >= 4 is 21.6 Å². The number of unbranched alkanes of at least 4 members (excludes halogenated alkanes) is 9. The molecule has 0 spiro atoms. The maximum absolute atomic E-state index is 9.93. The molecule has 10 atom stereocenters. The van der Waals surface area contributed by atoms with Crippen LogP contribution in [0.3, 0.4) is 0 Å². The van der Waals surface area contributed by atoms with Crippen LogP contribution in [-0.2, 0) is 9.47 Å². The van der Waals surface area contributed by atoms with Gasteiger partial charge in [0, 0.05) is 0 Å². The van der Waals surface area contributed by atoms with Crippen molar-refractivity contribution in [3.05, 3.63) is 0 Å². The molecule has 0 unspecified atom stereocenters. The molecule has 0 aromatic rings. The molecule has 36 heavy (non-hydrogen) atoms. The summed E-state index contributed by atoms with van der Waals surface area (Å²) in [6.07, 6.45) is 3.42. The number of ether oxygens (including phenoxy) is 2. The van der Waals surface area contributed by atoms with Crippen molar-refractivity contribution in [3.8, 4) is 0 Å². The smallest absolute Gasteiger partial charge is 0.142 e. The molecule has 2 saturated heterocycles. The lowest BCUT2D eigenvalue weighted by atomic mass is 10.0. The fourth-order valence-corrected chi connectivity index (χ4v) is 6.72. The molecule has 2 heterocycles. The van der Waals surface area contributed by atoms with Gasteiger partial charge in [-0.2, -0.15) is 0 Å². The third-order valence-electron chi connectivity index (χ3n) is 6.40. The van der Waals surface area contributed by atoms with Gasteiger partial charge in [0.1, 0.15) is 59.7 Å². The molecule has 10 nitrogen and oxygen atoms in total. The molecule has 0 bridgehead atoms. The van der Waals surface area contributed by atoms with E-state index in [-0.39, 0.29) is 0 Å². The Balaban J connectivity index is 0.000000457. The van der Waals surface area contributed by atoms with Gasteiger partial charge in [-0.05, 0) is 0 Å². The summed E-state index contributed by atoms with van der Waals surface area (Å²) >= 11 is 0. The number of aliphatic hydroxyl groups is 8. The number of hydrogen-bond acceptors (Lipinski definition) is 12. The van der Waals surface area contributed by atoms with Crippen molar-refractivity contribution in [1.29, 1.82) is 0 Å². The van der Waals surface area contributed by atoms with Gasteiger partial charge < -0.3 is 50.3 Å². The van der Waals surface area contributed by atoms with Crippen molar-refractivity contribution in [2.75, 3.05) is 13.2 Å². The van der Waals surface area contributed by atoms with Crippen LogP contribution in [0, 0.1) is 0 Å². The molecule has 0 amide bonds. The summed E-state index contributed by atoms with van der Waals surface area (Å²) in [6, 6.07) is 0.